The Morgan fingerprint density at radius 3 is 3.10 bits per heavy atom. The van der Waals surface area contributed by atoms with Gasteiger partial charge in [-0.2, -0.15) is 0 Å². The average Bonchev–Trinajstić information content (AvgIpc) is 2.47. The minimum Gasteiger partial charge on any atom is -0.450 e. The molecule has 0 saturated carbocycles. The third kappa shape index (κ3) is 3.84. The highest BCUT2D eigenvalue weighted by molar-refractivity contribution is 5.97. The van der Waals surface area contributed by atoms with E-state index >= 15 is 0 Å². The molecule has 1 aliphatic heterocycles. The van der Waals surface area contributed by atoms with Crippen LogP contribution < -0.4 is 11.1 Å². The van der Waals surface area contributed by atoms with Gasteiger partial charge in [-0.3, -0.25) is 4.79 Å². The molecule has 1 unspecified atom stereocenters. The largest absolute Gasteiger partial charge is 0.450 e. The second kappa shape index (κ2) is 6.92. The van der Waals surface area contributed by atoms with Crippen molar-refractivity contribution >= 4 is 17.7 Å². The van der Waals surface area contributed by atoms with Crippen molar-refractivity contribution < 1.29 is 14.3 Å². The summed E-state index contributed by atoms with van der Waals surface area (Å²) in [5.41, 5.74) is 6.41. The Morgan fingerprint density at radius 2 is 2.38 bits per heavy atom. The van der Waals surface area contributed by atoms with E-state index in [0.717, 1.165) is 12.8 Å². The zero-order chi connectivity index (χ0) is 15.2. The molecule has 1 fully saturated rings. The summed E-state index contributed by atoms with van der Waals surface area (Å²) in [6, 6.07) is 3.23. The number of nitrogens with zero attached hydrogens (tertiary/aromatic N) is 2. The number of aromatic nitrogens is 1. The number of hydrogen-bond acceptors (Lipinski definition) is 5. The van der Waals surface area contributed by atoms with Gasteiger partial charge in [0.05, 0.1) is 12.3 Å². The normalized spacial score (nSPS) is 18.1. The van der Waals surface area contributed by atoms with Gasteiger partial charge < -0.3 is 20.7 Å². The number of amides is 2. The predicted molar refractivity (Wildman–Crippen MR) is 77.7 cm³/mol. The zero-order valence-corrected chi connectivity index (χ0v) is 12.0. The molecule has 2 amide bonds. The zero-order valence-electron chi connectivity index (χ0n) is 12.0. The van der Waals surface area contributed by atoms with Gasteiger partial charge >= 0.3 is 6.09 Å². The lowest BCUT2D eigenvalue weighted by Crippen LogP contribution is -2.50. The fraction of sp³-hybridized carbons (Fsp3) is 0.500. The van der Waals surface area contributed by atoms with Crippen LogP contribution >= 0.6 is 0 Å². The fourth-order valence-electron chi connectivity index (χ4n) is 2.37. The number of piperidine rings is 1. The molecule has 1 aromatic heterocycles. The summed E-state index contributed by atoms with van der Waals surface area (Å²) in [7, 11) is 0. The molecule has 3 N–H and O–H groups in total. The lowest BCUT2D eigenvalue weighted by atomic mass is 10.1. The van der Waals surface area contributed by atoms with Crippen LogP contribution in [0.1, 0.15) is 30.3 Å². The quantitative estimate of drug-likeness (QED) is 0.866. The Hall–Kier alpha value is -2.31. The monoisotopic (exact) mass is 292 g/mol. The number of carbonyl (C=O) groups is 2. The molecular weight excluding hydrogens is 272 g/mol. The van der Waals surface area contributed by atoms with Crippen molar-refractivity contribution in [3.8, 4) is 0 Å². The number of nitrogens with two attached hydrogens (primary N) is 1. The molecule has 0 radical (unpaired) electrons. The van der Waals surface area contributed by atoms with Gasteiger partial charge in [0.15, 0.2) is 5.69 Å². The third-order valence-corrected chi connectivity index (χ3v) is 3.35. The van der Waals surface area contributed by atoms with Gasteiger partial charge in [0.1, 0.15) is 0 Å². The minimum atomic E-state index is -0.450. The molecule has 1 saturated heterocycles. The van der Waals surface area contributed by atoms with Crippen LogP contribution in [0.25, 0.3) is 0 Å². The number of nitrogens with one attached hydrogen (secondary N) is 1. The van der Waals surface area contributed by atoms with Crippen molar-refractivity contribution in [3.63, 3.8) is 0 Å². The van der Waals surface area contributed by atoms with E-state index in [4.69, 9.17) is 10.5 Å². The van der Waals surface area contributed by atoms with E-state index in [0.29, 0.717) is 25.4 Å². The van der Waals surface area contributed by atoms with Gasteiger partial charge in [-0.05, 0) is 31.9 Å². The molecule has 2 heterocycles. The number of anilines is 1. The SMILES string of the molecule is CCOC(=O)NC1CCCN(C(=O)c2ncccc2N)C1. The highest BCUT2D eigenvalue weighted by Gasteiger charge is 2.27. The van der Waals surface area contributed by atoms with Crippen LogP contribution in [0.4, 0.5) is 10.5 Å². The molecule has 7 heteroatoms. The molecule has 0 aromatic carbocycles. The third-order valence-electron chi connectivity index (χ3n) is 3.35. The summed E-state index contributed by atoms with van der Waals surface area (Å²) in [6.45, 7) is 3.15. The van der Waals surface area contributed by atoms with Crippen LogP contribution in [0.5, 0.6) is 0 Å². The molecule has 114 valence electrons. The number of alkyl carbamates (subject to hydrolysis) is 1. The van der Waals surface area contributed by atoms with Crippen molar-refractivity contribution in [2.45, 2.75) is 25.8 Å². The number of likely N-dealkylation sites (tertiary alicyclic amines) is 1. The summed E-state index contributed by atoms with van der Waals surface area (Å²) in [4.78, 5) is 29.6. The average molecular weight is 292 g/mol. The highest BCUT2D eigenvalue weighted by atomic mass is 16.5. The molecular formula is C14H20N4O3. The molecule has 1 aliphatic rings. The van der Waals surface area contributed by atoms with Gasteiger partial charge in [-0.1, -0.05) is 0 Å². The van der Waals surface area contributed by atoms with E-state index in [1.165, 1.54) is 0 Å². The molecule has 2 rings (SSSR count). The van der Waals surface area contributed by atoms with E-state index in [2.05, 4.69) is 10.3 Å². The minimum absolute atomic E-state index is 0.105. The maximum atomic E-state index is 12.4. The summed E-state index contributed by atoms with van der Waals surface area (Å²) in [6.07, 6.45) is 2.73. The lowest BCUT2D eigenvalue weighted by Gasteiger charge is -2.32. The van der Waals surface area contributed by atoms with E-state index in [1.54, 1.807) is 30.2 Å². The molecule has 0 bridgehead atoms. The van der Waals surface area contributed by atoms with Crippen molar-refractivity contribution in [1.82, 2.24) is 15.2 Å². The first kappa shape index (κ1) is 15.1. The van der Waals surface area contributed by atoms with Gasteiger partial charge in [0.25, 0.3) is 5.91 Å². The number of hydrogen-bond donors (Lipinski definition) is 2. The van der Waals surface area contributed by atoms with Gasteiger partial charge in [0, 0.05) is 25.3 Å². The maximum Gasteiger partial charge on any atom is 0.407 e. The summed E-state index contributed by atoms with van der Waals surface area (Å²) >= 11 is 0. The van der Waals surface area contributed by atoms with E-state index in [-0.39, 0.29) is 17.6 Å². The van der Waals surface area contributed by atoms with Crippen LogP contribution in [0.3, 0.4) is 0 Å². The van der Waals surface area contributed by atoms with Crippen LogP contribution in [0, 0.1) is 0 Å². The summed E-state index contributed by atoms with van der Waals surface area (Å²) < 4.78 is 4.86. The van der Waals surface area contributed by atoms with E-state index in [9.17, 15) is 9.59 Å². The second-order valence-corrected chi connectivity index (χ2v) is 4.90. The Kier molecular flexibility index (Phi) is 4.97. The number of nitrogen functional groups attached to an aromatic ring is 1. The van der Waals surface area contributed by atoms with E-state index < -0.39 is 6.09 Å². The number of ether oxygens (including phenoxy) is 1. The van der Waals surface area contributed by atoms with Crippen molar-refractivity contribution in [2.24, 2.45) is 0 Å². The first-order valence-corrected chi connectivity index (χ1v) is 7.05. The van der Waals surface area contributed by atoms with E-state index in [1.807, 2.05) is 0 Å². The Balaban J connectivity index is 1.99. The standard InChI is InChI=1S/C14H20N4O3/c1-2-21-14(20)17-10-5-4-8-18(9-10)13(19)12-11(15)6-3-7-16-12/h3,6-7,10H,2,4-5,8-9,15H2,1H3,(H,17,20). The molecule has 1 atom stereocenters. The first-order chi connectivity index (χ1) is 10.1. The molecule has 0 aliphatic carbocycles. The van der Waals surface area contributed by atoms with Crippen LogP contribution in [-0.4, -0.2) is 47.6 Å². The first-order valence-electron chi connectivity index (χ1n) is 7.05. The molecule has 7 nitrogen and oxygen atoms in total. The van der Waals surface area contributed by atoms with Crippen LogP contribution in [0.2, 0.25) is 0 Å². The smallest absolute Gasteiger partial charge is 0.407 e. The van der Waals surface area contributed by atoms with Crippen LogP contribution in [0.15, 0.2) is 18.3 Å². The Labute approximate surface area is 123 Å². The lowest BCUT2D eigenvalue weighted by molar-refractivity contribution is 0.0681. The van der Waals surface area contributed by atoms with Crippen molar-refractivity contribution in [2.75, 3.05) is 25.4 Å². The fourth-order valence-corrected chi connectivity index (χ4v) is 2.37. The number of pyridine rings is 1. The Bertz CT molecular complexity index is 521. The van der Waals surface area contributed by atoms with Crippen molar-refractivity contribution in [3.05, 3.63) is 24.0 Å². The van der Waals surface area contributed by atoms with Gasteiger partial charge in [-0.15, -0.1) is 0 Å². The van der Waals surface area contributed by atoms with Gasteiger partial charge in [0.2, 0.25) is 0 Å². The van der Waals surface area contributed by atoms with Gasteiger partial charge in [-0.25, -0.2) is 9.78 Å². The van der Waals surface area contributed by atoms with Crippen molar-refractivity contribution in [1.29, 1.82) is 0 Å². The number of carbonyl (C=O) groups excluding carboxylic acids is 2. The molecule has 0 spiro atoms. The molecule has 21 heavy (non-hydrogen) atoms. The number of rotatable bonds is 3. The van der Waals surface area contributed by atoms with Crippen LogP contribution in [-0.2, 0) is 4.74 Å². The second-order valence-electron chi connectivity index (χ2n) is 4.90. The predicted octanol–water partition coefficient (Wildman–Crippen LogP) is 1.01. The topological polar surface area (TPSA) is 97.5 Å². The Morgan fingerprint density at radius 1 is 1.57 bits per heavy atom. The maximum absolute atomic E-state index is 12.4. The highest BCUT2D eigenvalue weighted by Crippen LogP contribution is 2.16. The summed E-state index contributed by atoms with van der Waals surface area (Å²) in [5.74, 6) is -0.205. The molecule has 1 aromatic rings. The summed E-state index contributed by atoms with van der Waals surface area (Å²) in [5, 5.41) is 2.76.